The van der Waals surface area contributed by atoms with Crippen molar-refractivity contribution in [3.8, 4) is 23.0 Å². The second-order valence-corrected chi connectivity index (χ2v) is 22.2. The number of carbonyl (C=O) groups is 4. The van der Waals surface area contributed by atoms with E-state index in [-0.39, 0.29) is 28.6 Å². The maximum Gasteiger partial charge on any atom is 0.346 e. The molecule has 8 nitrogen and oxygen atoms in total. The molecule has 5 aromatic carbocycles. The zero-order valence-electron chi connectivity index (χ0n) is 49.4. The predicted octanol–water partition coefficient (Wildman–Crippen LogP) is 20.8. The van der Waals surface area contributed by atoms with Crippen LogP contribution in [0.2, 0.25) is 0 Å². The van der Waals surface area contributed by atoms with Gasteiger partial charge in [0.1, 0.15) is 34.6 Å². The quantitative estimate of drug-likeness (QED) is 0.0216. The highest BCUT2D eigenvalue weighted by Gasteiger charge is 2.22. The summed E-state index contributed by atoms with van der Waals surface area (Å²) in [6.07, 6.45) is 44.2. The molecule has 5 rings (SSSR count). The molecule has 5 aromatic rings. The molecule has 0 aliphatic carbocycles. The second kappa shape index (κ2) is 39.3. The Morgan fingerprint density at radius 2 is 0.617 bits per heavy atom. The van der Waals surface area contributed by atoms with Gasteiger partial charge >= 0.3 is 23.9 Å². The summed E-state index contributed by atoms with van der Waals surface area (Å²) in [4.78, 5) is 52.3. The molecule has 0 unspecified atom stereocenters. The number of unbranched alkanes of at least 4 members (excludes halogenated alkanes) is 30. The van der Waals surface area contributed by atoms with Crippen LogP contribution in [0.5, 0.6) is 23.0 Å². The van der Waals surface area contributed by atoms with Crippen LogP contribution < -0.4 is 18.9 Å². The summed E-state index contributed by atoms with van der Waals surface area (Å²) >= 11 is 0. The average molecular weight is 1110 g/mol. The van der Waals surface area contributed by atoms with E-state index in [4.69, 9.17) is 18.9 Å². The first kappa shape index (κ1) is 65.6. The summed E-state index contributed by atoms with van der Waals surface area (Å²) in [5.74, 6) is -5.60. The lowest BCUT2D eigenvalue weighted by Crippen LogP contribution is -2.14. The lowest BCUT2D eigenvalue weighted by Gasteiger charge is -2.13. The number of hydrogen-bond donors (Lipinski definition) is 0. The van der Waals surface area contributed by atoms with Crippen molar-refractivity contribution in [1.82, 2.24) is 0 Å². The van der Waals surface area contributed by atoms with E-state index >= 15 is 8.78 Å². The van der Waals surface area contributed by atoms with Crippen molar-refractivity contribution in [2.45, 2.75) is 239 Å². The van der Waals surface area contributed by atoms with E-state index in [1.807, 2.05) is 24.3 Å². The van der Waals surface area contributed by atoms with Crippen molar-refractivity contribution in [1.29, 1.82) is 0 Å². The van der Waals surface area contributed by atoms with Crippen molar-refractivity contribution in [3.63, 3.8) is 0 Å². The van der Waals surface area contributed by atoms with Gasteiger partial charge in [-0.05, 0) is 104 Å². The van der Waals surface area contributed by atoms with Gasteiger partial charge in [0.25, 0.3) is 0 Å². The minimum absolute atomic E-state index is 0.0329. The van der Waals surface area contributed by atoms with Gasteiger partial charge in [-0.3, -0.25) is 0 Å². The van der Waals surface area contributed by atoms with Crippen molar-refractivity contribution < 1.29 is 46.9 Å². The van der Waals surface area contributed by atoms with Gasteiger partial charge in [0.05, 0.1) is 22.3 Å². The number of esters is 4. The molecule has 0 bridgehead atoms. The fourth-order valence-electron chi connectivity index (χ4n) is 10.3. The van der Waals surface area contributed by atoms with Crippen LogP contribution in [0.15, 0.2) is 103 Å². The summed E-state index contributed by atoms with van der Waals surface area (Å²) in [7, 11) is 0. The minimum atomic E-state index is -1.05. The van der Waals surface area contributed by atoms with Gasteiger partial charge in [-0.1, -0.05) is 237 Å². The molecule has 0 aliphatic heterocycles. The van der Waals surface area contributed by atoms with Crippen LogP contribution in [0.1, 0.15) is 277 Å². The largest absolute Gasteiger partial charge is 0.423 e. The maximum absolute atomic E-state index is 15.3. The zero-order chi connectivity index (χ0) is 57.7. The Morgan fingerprint density at radius 3 is 0.901 bits per heavy atom. The van der Waals surface area contributed by atoms with Crippen LogP contribution >= 0.6 is 0 Å². The number of rotatable bonds is 42. The lowest BCUT2D eigenvalue weighted by atomic mass is 10.0. The first-order valence-electron chi connectivity index (χ1n) is 31.3. The topological polar surface area (TPSA) is 105 Å². The number of hydrogen-bond acceptors (Lipinski definition) is 8. The third-order valence-electron chi connectivity index (χ3n) is 15.4. The van der Waals surface area contributed by atoms with Crippen molar-refractivity contribution >= 4 is 23.9 Å². The Labute approximate surface area is 484 Å². The number of aryl methyl sites for hydroxylation is 2. The Kier molecular flexibility index (Phi) is 31.9. The predicted molar refractivity (Wildman–Crippen MR) is 323 cm³/mol. The first-order valence-corrected chi connectivity index (χ1v) is 31.3. The molecule has 0 fully saturated rings. The second-order valence-electron chi connectivity index (χ2n) is 22.2. The van der Waals surface area contributed by atoms with Crippen molar-refractivity contribution in [2.75, 3.05) is 0 Å². The van der Waals surface area contributed by atoms with E-state index < -0.39 is 46.6 Å². The molecule has 10 heteroatoms. The highest BCUT2D eigenvalue weighted by Crippen LogP contribution is 2.31. The highest BCUT2D eigenvalue weighted by molar-refractivity contribution is 5.94. The van der Waals surface area contributed by atoms with Gasteiger partial charge in [0.15, 0.2) is 0 Å². The molecule has 0 aliphatic rings. The van der Waals surface area contributed by atoms with Gasteiger partial charge < -0.3 is 18.9 Å². The van der Waals surface area contributed by atoms with Crippen LogP contribution in [0.4, 0.5) is 8.78 Å². The first-order chi connectivity index (χ1) is 39.6. The zero-order valence-corrected chi connectivity index (χ0v) is 49.4. The Balaban J connectivity index is 0.962. The maximum atomic E-state index is 15.3. The fourth-order valence-corrected chi connectivity index (χ4v) is 10.3. The molecule has 0 N–H and O–H groups in total. The van der Waals surface area contributed by atoms with E-state index in [1.54, 1.807) is 24.3 Å². The van der Waals surface area contributed by atoms with E-state index in [1.165, 1.54) is 230 Å². The molecule has 0 saturated heterocycles. The van der Waals surface area contributed by atoms with Crippen LogP contribution in [0.25, 0.3) is 0 Å². The van der Waals surface area contributed by atoms with Gasteiger partial charge in [0.2, 0.25) is 0 Å². The Hall–Kier alpha value is -6.16. The summed E-state index contributed by atoms with van der Waals surface area (Å²) in [5.41, 5.74) is 2.28. The molecular formula is C71H94F2O8. The molecule has 0 heterocycles. The smallest absolute Gasteiger partial charge is 0.346 e. The third kappa shape index (κ3) is 25.7. The van der Waals surface area contributed by atoms with E-state index in [0.717, 1.165) is 61.1 Å². The summed E-state index contributed by atoms with van der Waals surface area (Å²) in [6, 6.07) is 25.6. The molecule has 0 amide bonds. The third-order valence-corrected chi connectivity index (χ3v) is 15.4. The average Bonchev–Trinajstić information content (AvgIpc) is 3.48. The highest BCUT2D eigenvalue weighted by atomic mass is 19.1. The number of benzene rings is 5. The molecule has 0 atom stereocenters. The molecular weight excluding hydrogens is 1020 g/mol. The van der Waals surface area contributed by atoms with E-state index in [2.05, 4.69) is 13.8 Å². The molecule has 0 saturated carbocycles. The van der Waals surface area contributed by atoms with E-state index in [0.29, 0.717) is 11.1 Å². The molecule has 440 valence electrons. The molecule has 0 aromatic heterocycles. The van der Waals surface area contributed by atoms with Crippen LogP contribution in [-0.4, -0.2) is 23.9 Å². The van der Waals surface area contributed by atoms with Gasteiger partial charge in [-0.25, -0.2) is 28.0 Å². The molecule has 0 spiro atoms. The fraction of sp³-hybridized carbons (Fsp3) is 0.521. The SMILES string of the molecule is CCCCCCCCCCCCCCCCCCc1ccc(C(=O)Oc2ccc(C(=O)Oc3cccc(OC(=O)c4ccc(OC(=O)c5ccc(CCCCCCCCCCCCCCCCCC)cc5)cc4F)c3C)c(F)c2)cc1. The monoisotopic (exact) mass is 1110 g/mol. The molecule has 0 radical (unpaired) electrons. The number of carbonyl (C=O) groups excluding carboxylic acids is 4. The van der Waals surface area contributed by atoms with Gasteiger partial charge in [-0.15, -0.1) is 0 Å². The van der Waals surface area contributed by atoms with Crippen LogP contribution in [0, 0.1) is 18.6 Å². The van der Waals surface area contributed by atoms with Crippen LogP contribution in [0.3, 0.4) is 0 Å². The minimum Gasteiger partial charge on any atom is -0.423 e. The lowest BCUT2D eigenvalue weighted by molar-refractivity contribution is 0.0719. The summed E-state index contributed by atoms with van der Waals surface area (Å²) in [5, 5.41) is 0. The van der Waals surface area contributed by atoms with Gasteiger partial charge in [-0.2, -0.15) is 0 Å². The number of halogens is 2. The molecule has 81 heavy (non-hydrogen) atoms. The van der Waals surface area contributed by atoms with Crippen LogP contribution in [-0.2, 0) is 12.8 Å². The Morgan fingerprint density at radius 1 is 0.333 bits per heavy atom. The summed E-state index contributed by atoms with van der Waals surface area (Å²) in [6.45, 7) is 6.05. The van der Waals surface area contributed by atoms with E-state index in [9.17, 15) is 19.2 Å². The van der Waals surface area contributed by atoms with Crippen molar-refractivity contribution in [3.05, 3.63) is 154 Å². The standard InChI is InChI=1S/C71H94F2O8/c1-4-6-8-10-12-14-16-18-20-22-24-26-28-30-32-34-37-56-41-45-58(46-42-56)68(74)78-60-49-51-62(64(72)53-60)70(76)80-66-39-36-40-67(55(66)3)81-71(77)63-52-50-61(54-65(63)73)79-69(75)59-47-43-57(44-48-59)38-35-33-31-29-27-25-23-21-19-17-15-13-11-9-7-5-2/h36,39-54H,4-35,37-38H2,1-3H3. The summed E-state index contributed by atoms with van der Waals surface area (Å²) < 4.78 is 52.6. The van der Waals surface area contributed by atoms with Gasteiger partial charge in [0, 0.05) is 17.7 Å². The number of ether oxygens (including phenoxy) is 4. The normalized spacial score (nSPS) is 11.2. The Bertz CT molecular complexity index is 2430. The van der Waals surface area contributed by atoms with Crippen molar-refractivity contribution in [2.24, 2.45) is 0 Å².